The number of benzene rings is 1. The number of rotatable bonds is 6. The largest absolute Gasteiger partial charge is 0.395 e. The van der Waals surface area contributed by atoms with Crippen LogP contribution in [0.25, 0.3) is 0 Å². The summed E-state index contributed by atoms with van der Waals surface area (Å²) in [6.45, 7) is 1.85. The Morgan fingerprint density at radius 3 is 2.56 bits per heavy atom. The Morgan fingerprint density at radius 2 is 1.96 bits per heavy atom. The number of likely N-dealkylation sites (tertiary alicyclic amines) is 2. The molecule has 0 saturated carbocycles. The van der Waals surface area contributed by atoms with Crippen LogP contribution in [0.1, 0.15) is 22.9 Å². The fraction of sp³-hybridized carbons (Fsp3) is 0.526. The molecule has 2 fully saturated rings. The second-order valence-electron chi connectivity index (χ2n) is 7.37. The summed E-state index contributed by atoms with van der Waals surface area (Å²) >= 11 is 1.56. The predicted molar refractivity (Wildman–Crippen MR) is 97.6 cm³/mol. The lowest BCUT2D eigenvalue weighted by molar-refractivity contribution is -0.204. The van der Waals surface area contributed by atoms with Crippen molar-refractivity contribution < 1.29 is 18.3 Å². The van der Waals surface area contributed by atoms with Crippen molar-refractivity contribution in [1.29, 1.82) is 0 Å². The number of aliphatic hydroxyl groups excluding tert-OH is 1. The number of hydrogen-bond donors (Lipinski definition) is 1. The smallest absolute Gasteiger partial charge is 0.390 e. The lowest BCUT2D eigenvalue weighted by Crippen LogP contribution is -2.84. The van der Waals surface area contributed by atoms with Gasteiger partial charge in [0.25, 0.3) is 0 Å². The SMILES string of the molecule is OC[C@@H]1[C@@H](c2ccccc2)C2(CN(CCC(F)(F)F)C2)N1Cc1nccs1. The summed E-state index contributed by atoms with van der Waals surface area (Å²) in [4.78, 5) is 8.46. The van der Waals surface area contributed by atoms with E-state index in [4.69, 9.17) is 0 Å². The summed E-state index contributed by atoms with van der Waals surface area (Å²) in [7, 11) is 0. The summed E-state index contributed by atoms with van der Waals surface area (Å²) in [6, 6.07) is 9.96. The number of hydrogen-bond acceptors (Lipinski definition) is 5. The summed E-state index contributed by atoms with van der Waals surface area (Å²) in [5.74, 6) is 0.116. The molecule has 8 heteroatoms. The fourth-order valence-electron chi connectivity index (χ4n) is 4.66. The second kappa shape index (κ2) is 7.16. The van der Waals surface area contributed by atoms with Crippen molar-refractivity contribution >= 4 is 11.3 Å². The van der Waals surface area contributed by atoms with Gasteiger partial charge in [-0.25, -0.2) is 4.98 Å². The highest BCUT2D eigenvalue weighted by Crippen LogP contribution is 2.54. The minimum Gasteiger partial charge on any atom is -0.395 e. The van der Waals surface area contributed by atoms with Crippen molar-refractivity contribution in [3.63, 3.8) is 0 Å². The maximum absolute atomic E-state index is 12.6. The normalized spacial score (nSPS) is 25.3. The Labute approximate surface area is 160 Å². The first-order chi connectivity index (χ1) is 12.9. The van der Waals surface area contributed by atoms with Crippen LogP contribution in [-0.2, 0) is 6.54 Å². The van der Waals surface area contributed by atoms with Gasteiger partial charge in [0.15, 0.2) is 0 Å². The van der Waals surface area contributed by atoms with Crippen LogP contribution in [0.3, 0.4) is 0 Å². The quantitative estimate of drug-likeness (QED) is 0.813. The Morgan fingerprint density at radius 1 is 1.22 bits per heavy atom. The van der Waals surface area contributed by atoms with E-state index in [0.29, 0.717) is 19.6 Å². The van der Waals surface area contributed by atoms with Gasteiger partial charge in [-0.15, -0.1) is 11.3 Å². The molecule has 4 nitrogen and oxygen atoms in total. The zero-order valence-corrected chi connectivity index (χ0v) is 15.6. The van der Waals surface area contributed by atoms with Gasteiger partial charge in [-0.05, 0) is 5.56 Å². The third-order valence-electron chi connectivity index (χ3n) is 5.78. The molecule has 4 rings (SSSR count). The van der Waals surface area contributed by atoms with Gasteiger partial charge < -0.3 is 5.11 Å². The predicted octanol–water partition coefficient (Wildman–Crippen LogP) is 3.11. The Bertz CT molecular complexity index is 747. The van der Waals surface area contributed by atoms with Crippen LogP contribution in [0.5, 0.6) is 0 Å². The molecule has 2 aliphatic heterocycles. The molecule has 27 heavy (non-hydrogen) atoms. The highest BCUT2D eigenvalue weighted by Gasteiger charge is 2.65. The fourth-order valence-corrected chi connectivity index (χ4v) is 5.28. The first-order valence-electron chi connectivity index (χ1n) is 9.03. The molecule has 0 bridgehead atoms. The third kappa shape index (κ3) is 3.51. The summed E-state index contributed by atoms with van der Waals surface area (Å²) in [5, 5.41) is 12.9. The van der Waals surface area contributed by atoms with Gasteiger partial charge in [0, 0.05) is 43.2 Å². The molecule has 1 aromatic carbocycles. The zero-order chi connectivity index (χ0) is 19.1. The standard InChI is InChI=1S/C19H22F3N3OS/c20-19(21,22)6-8-24-12-18(13-24)17(14-4-2-1-3-5-14)15(11-26)25(18)10-16-23-7-9-27-16/h1-5,7,9,15,17,26H,6,8,10-13H2/t15-,17-/m1/s1. The molecular weight excluding hydrogens is 375 g/mol. The van der Waals surface area contributed by atoms with Crippen LogP contribution in [-0.4, -0.2) is 63.9 Å². The highest BCUT2D eigenvalue weighted by molar-refractivity contribution is 7.09. The van der Waals surface area contributed by atoms with Crippen molar-refractivity contribution in [3.05, 3.63) is 52.5 Å². The summed E-state index contributed by atoms with van der Waals surface area (Å²) < 4.78 is 37.7. The van der Waals surface area contributed by atoms with Gasteiger partial charge in [-0.1, -0.05) is 30.3 Å². The Kier molecular flexibility index (Phi) is 5.00. The molecule has 2 saturated heterocycles. The van der Waals surface area contributed by atoms with Gasteiger partial charge in [-0.3, -0.25) is 9.80 Å². The van der Waals surface area contributed by atoms with Crippen LogP contribution >= 0.6 is 11.3 Å². The maximum atomic E-state index is 12.6. The molecule has 1 spiro atoms. The molecule has 3 heterocycles. The van der Waals surface area contributed by atoms with E-state index in [0.717, 1.165) is 10.6 Å². The summed E-state index contributed by atoms with van der Waals surface area (Å²) in [6.07, 6.45) is -3.16. The molecule has 2 atom stereocenters. The molecule has 146 valence electrons. The van der Waals surface area contributed by atoms with Gasteiger partial charge in [0.05, 0.1) is 25.1 Å². The number of halogens is 3. The van der Waals surface area contributed by atoms with E-state index in [1.807, 2.05) is 40.6 Å². The van der Waals surface area contributed by atoms with Crippen LogP contribution in [0.2, 0.25) is 0 Å². The monoisotopic (exact) mass is 397 g/mol. The highest BCUT2D eigenvalue weighted by atomic mass is 32.1. The number of thiazole rings is 1. The van der Waals surface area contributed by atoms with Crippen molar-refractivity contribution in [2.75, 3.05) is 26.2 Å². The average Bonchev–Trinajstić information content (AvgIpc) is 3.10. The second-order valence-corrected chi connectivity index (χ2v) is 8.35. The van der Waals surface area contributed by atoms with Gasteiger partial charge >= 0.3 is 6.18 Å². The van der Waals surface area contributed by atoms with Gasteiger partial charge in [0.1, 0.15) is 5.01 Å². The van der Waals surface area contributed by atoms with Crippen molar-refractivity contribution in [2.24, 2.45) is 0 Å². The van der Waals surface area contributed by atoms with E-state index in [1.165, 1.54) is 0 Å². The number of nitrogens with zero attached hydrogens (tertiary/aromatic N) is 3. The number of aliphatic hydroxyl groups is 1. The van der Waals surface area contributed by atoms with E-state index in [2.05, 4.69) is 9.88 Å². The molecule has 0 aliphatic carbocycles. The minimum absolute atomic E-state index is 0.0231. The molecule has 0 unspecified atom stereocenters. The summed E-state index contributed by atoms with van der Waals surface area (Å²) in [5.41, 5.74) is 0.911. The van der Waals surface area contributed by atoms with Crippen molar-refractivity contribution in [1.82, 2.24) is 14.8 Å². The van der Waals surface area contributed by atoms with Crippen LogP contribution in [0, 0.1) is 0 Å². The minimum atomic E-state index is -4.13. The topological polar surface area (TPSA) is 39.6 Å². The Balaban J connectivity index is 1.54. The lowest BCUT2D eigenvalue weighted by atomic mass is 9.60. The first kappa shape index (κ1) is 18.9. The van der Waals surface area contributed by atoms with Gasteiger partial charge in [-0.2, -0.15) is 13.2 Å². The third-order valence-corrected chi connectivity index (χ3v) is 6.54. The molecular formula is C19H22F3N3OS. The van der Waals surface area contributed by atoms with Crippen LogP contribution in [0.15, 0.2) is 41.9 Å². The average molecular weight is 397 g/mol. The maximum Gasteiger partial charge on any atom is 0.390 e. The van der Waals surface area contributed by atoms with Crippen molar-refractivity contribution in [2.45, 2.75) is 36.6 Å². The Hall–Kier alpha value is -1.48. The van der Waals surface area contributed by atoms with Crippen molar-refractivity contribution in [3.8, 4) is 0 Å². The zero-order valence-electron chi connectivity index (χ0n) is 14.8. The van der Waals surface area contributed by atoms with E-state index in [1.54, 1.807) is 17.5 Å². The van der Waals surface area contributed by atoms with E-state index in [9.17, 15) is 18.3 Å². The molecule has 2 aromatic rings. The van der Waals surface area contributed by atoms with Crippen LogP contribution in [0.4, 0.5) is 13.2 Å². The molecule has 2 aliphatic rings. The molecule has 0 radical (unpaired) electrons. The molecule has 1 N–H and O–H groups in total. The first-order valence-corrected chi connectivity index (χ1v) is 9.91. The number of aromatic nitrogens is 1. The van der Waals surface area contributed by atoms with E-state index in [-0.39, 0.29) is 30.7 Å². The number of alkyl halides is 3. The molecule has 1 aromatic heterocycles. The van der Waals surface area contributed by atoms with E-state index >= 15 is 0 Å². The van der Waals surface area contributed by atoms with Crippen LogP contribution < -0.4 is 0 Å². The van der Waals surface area contributed by atoms with Gasteiger partial charge in [0.2, 0.25) is 0 Å². The molecule has 0 amide bonds. The lowest BCUT2D eigenvalue weighted by Gasteiger charge is -2.71. The van der Waals surface area contributed by atoms with E-state index < -0.39 is 12.6 Å².